The Bertz CT molecular complexity index is 637. The topological polar surface area (TPSA) is 95.1 Å². The largest absolute Gasteiger partial charge is 0.351 e. The second-order valence-electron chi connectivity index (χ2n) is 6.20. The first-order chi connectivity index (χ1) is 9.95. The maximum absolute atomic E-state index is 10.9. The predicted octanol–water partition coefficient (Wildman–Crippen LogP) is 1.30. The van der Waals surface area contributed by atoms with Crippen LogP contribution in [0.4, 0.5) is 11.5 Å². The van der Waals surface area contributed by atoms with Gasteiger partial charge in [-0.15, -0.1) is 0 Å². The van der Waals surface area contributed by atoms with Gasteiger partial charge >= 0.3 is 5.69 Å². The summed E-state index contributed by atoms with van der Waals surface area (Å²) < 4.78 is 0. The third-order valence-corrected chi connectivity index (χ3v) is 4.80. The van der Waals surface area contributed by atoms with Crippen molar-refractivity contribution in [2.45, 2.75) is 19.4 Å². The first-order valence-electron chi connectivity index (χ1n) is 6.99. The Morgan fingerprint density at radius 1 is 1.52 bits per heavy atom. The Balaban J connectivity index is 1.98. The molecule has 0 aromatic carbocycles. The average Bonchev–Trinajstić information content (AvgIpc) is 3.00. The van der Waals surface area contributed by atoms with Gasteiger partial charge in [-0.2, -0.15) is 5.26 Å². The Hall–Kier alpha value is -2.20. The van der Waals surface area contributed by atoms with Crippen molar-refractivity contribution in [3.8, 4) is 6.07 Å². The number of hydrogen-bond donors (Lipinski definition) is 1. The van der Waals surface area contributed by atoms with Crippen LogP contribution in [-0.4, -0.2) is 35.1 Å². The Labute approximate surface area is 122 Å². The highest BCUT2D eigenvalue weighted by atomic mass is 16.6. The number of nitro groups is 1. The van der Waals surface area contributed by atoms with Gasteiger partial charge in [-0.05, 0) is 31.7 Å². The molecule has 21 heavy (non-hydrogen) atoms. The van der Waals surface area contributed by atoms with Crippen LogP contribution in [0.5, 0.6) is 0 Å². The molecule has 0 spiro atoms. The van der Waals surface area contributed by atoms with Crippen molar-refractivity contribution in [3.63, 3.8) is 0 Å². The lowest BCUT2D eigenvalue weighted by Crippen LogP contribution is -2.45. The third kappa shape index (κ3) is 2.03. The van der Waals surface area contributed by atoms with Gasteiger partial charge in [0.2, 0.25) is 5.69 Å². The van der Waals surface area contributed by atoms with Gasteiger partial charge in [0.05, 0.1) is 4.92 Å². The number of anilines is 1. The molecule has 0 radical (unpaired) electrons. The molecular formula is C14H17N5O2. The first-order valence-corrected chi connectivity index (χ1v) is 6.99. The van der Waals surface area contributed by atoms with Crippen LogP contribution in [0.3, 0.4) is 0 Å². The maximum atomic E-state index is 10.9. The Morgan fingerprint density at radius 3 is 2.90 bits per heavy atom. The average molecular weight is 287 g/mol. The van der Waals surface area contributed by atoms with Crippen LogP contribution in [0, 0.1) is 33.3 Å². The summed E-state index contributed by atoms with van der Waals surface area (Å²) in [5.74, 6) is 1.74. The van der Waals surface area contributed by atoms with Gasteiger partial charge in [0.25, 0.3) is 0 Å². The molecule has 1 N–H and O–H groups in total. The van der Waals surface area contributed by atoms with Crippen LogP contribution >= 0.6 is 0 Å². The molecule has 3 rings (SSSR count). The van der Waals surface area contributed by atoms with E-state index in [2.05, 4.69) is 29.0 Å². The van der Waals surface area contributed by atoms with Crippen molar-refractivity contribution in [3.05, 3.63) is 27.9 Å². The lowest BCUT2D eigenvalue weighted by atomic mass is 9.85. The van der Waals surface area contributed by atoms with Gasteiger partial charge in [0, 0.05) is 31.2 Å². The van der Waals surface area contributed by atoms with E-state index in [4.69, 9.17) is 5.26 Å². The summed E-state index contributed by atoms with van der Waals surface area (Å²) in [6.07, 6.45) is 0. The van der Waals surface area contributed by atoms with Crippen molar-refractivity contribution in [2.75, 3.05) is 24.5 Å². The standard InChI is InChI=1S/C14H17N5O2/c1-14(2)10-7-16-6-9(10)8-18(14)13-4-3-12(19(20)21)11(5-15)17-13/h3-4,9-10,16H,6-8H2,1-2H3. The van der Waals surface area contributed by atoms with Gasteiger partial charge in [0.1, 0.15) is 11.9 Å². The lowest BCUT2D eigenvalue weighted by Gasteiger charge is -2.36. The van der Waals surface area contributed by atoms with Crippen LogP contribution in [0.25, 0.3) is 0 Å². The molecule has 3 heterocycles. The molecule has 2 saturated heterocycles. The molecule has 7 heteroatoms. The van der Waals surface area contributed by atoms with Crippen LogP contribution in [-0.2, 0) is 0 Å². The first kappa shape index (κ1) is 13.8. The summed E-state index contributed by atoms with van der Waals surface area (Å²) in [4.78, 5) is 16.7. The normalized spacial score (nSPS) is 26.4. The van der Waals surface area contributed by atoms with Gasteiger partial charge in [-0.3, -0.25) is 10.1 Å². The number of aromatic nitrogens is 1. The fourth-order valence-corrected chi connectivity index (χ4v) is 3.63. The fraction of sp³-hybridized carbons (Fsp3) is 0.571. The van der Waals surface area contributed by atoms with E-state index in [0.717, 1.165) is 19.6 Å². The molecule has 0 bridgehead atoms. The zero-order chi connectivity index (χ0) is 15.2. The fourth-order valence-electron chi connectivity index (χ4n) is 3.63. The highest BCUT2D eigenvalue weighted by molar-refractivity contribution is 5.54. The Kier molecular flexibility index (Phi) is 3.06. The van der Waals surface area contributed by atoms with E-state index in [1.165, 1.54) is 6.07 Å². The molecular weight excluding hydrogens is 270 g/mol. The number of rotatable bonds is 2. The quantitative estimate of drug-likeness (QED) is 0.650. The summed E-state index contributed by atoms with van der Waals surface area (Å²) in [5, 5.41) is 23.4. The summed E-state index contributed by atoms with van der Waals surface area (Å²) in [5.41, 5.74) is -0.437. The minimum absolute atomic E-state index is 0.0793. The number of fused-ring (bicyclic) bond motifs is 1. The van der Waals surface area contributed by atoms with Crippen LogP contribution in [0.15, 0.2) is 12.1 Å². The van der Waals surface area contributed by atoms with E-state index < -0.39 is 4.92 Å². The molecule has 110 valence electrons. The van der Waals surface area contributed by atoms with E-state index in [-0.39, 0.29) is 16.9 Å². The summed E-state index contributed by atoms with van der Waals surface area (Å²) in [6.45, 7) is 7.16. The van der Waals surface area contributed by atoms with E-state index in [1.807, 2.05) is 6.07 Å². The van der Waals surface area contributed by atoms with E-state index in [9.17, 15) is 10.1 Å². The maximum Gasteiger partial charge on any atom is 0.305 e. The molecule has 2 aliphatic rings. The highest BCUT2D eigenvalue weighted by Crippen LogP contribution is 2.42. The molecule has 2 atom stereocenters. The van der Waals surface area contributed by atoms with E-state index >= 15 is 0 Å². The lowest BCUT2D eigenvalue weighted by molar-refractivity contribution is -0.385. The molecule has 0 aliphatic carbocycles. The predicted molar refractivity (Wildman–Crippen MR) is 76.9 cm³/mol. The molecule has 2 aliphatic heterocycles. The van der Waals surface area contributed by atoms with Crippen molar-refractivity contribution >= 4 is 11.5 Å². The number of hydrogen-bond acceptors (Lipinski definition) is 6. The van der Waals surface area contributed by atoms with E-state index in [1.54, 1.807) is 6.07 Å². The molecule has 1 aromatic heterocycles. The minimum atomic E-state index is -0.566. The van der Waals surface area contributed by atoms with Crippen molar-refractivity contribution < 1.29 is 4.92 Å². The summed E-state index contributed by atoms with van der Waals surface area (Å²) >= 11 is 0. The van der Waals surface area contributed by atoms with Crippen LogP contribution in [0.2, 0.25) is 0 Å². The minimum Gasteiger partial charge on any atom is -0.351 e. The molecule has 0 saturated carbocycles. The van der Waals surface area contributed by atoms with Crippen LogP contribution < -0.4 is 10.2 Å². The van der Waals surface area contributed by atoms with Crippen LogP contribution in [0.1, 0.15) is 19.5 Å². The van der Waals surface area contributed by atoms with Crippen molar-refractivity contribution in [2.24, 2.45) is 11.8 Å². The second kappa shape index (κ2) is 4.67. The van der Waals surface area contributed by atoms with Gasteiger partial charge < -0.3 is 10.2 Å². The number of nitrogens with zero attached hydrogens (tertiary/aromatic N) is 4. The summed E-state index contributed by atoms with van der Waals surface area (Å²) in [7, 11) is 0. The molecule has 0 amide bonds. The number of nitriles is 1. The number of pyridine rings is 1. The Morgan fingerprint density at radius 2 is 2.29 bits per heavy atom. The molecule has 2 fully saturated rings. The second-order valence-corrected chi connectivity index (χ2v) is 6.20. The SMILES string of the molecule is CC1(C)C2CNCC2CN1c1ccc([N+](=O)[O-])c(C#N)n1. The monoisotopic (exact) mass is 287 g/mol. The number of nitrogens with one attached hydrogen (secondary N) is 1. The van der Waals surface area contributed by atoms with Gasteiger partial charge in [-0.1, -0.05) is 0 Å². The van der Waals surface area contributed by atoms with E-state index in [0.29, 0.717) is 17.7 Å². The summed E-state index contributed by atoms with van der Waals surface area (Å²) in [6, 6.07) is 4.85. The zero-order valence-corrected chi connectivity index (χ0v) is 12.0. The zero-order valence-electron chi connectivity index (χ0n) is 12.0. The molecule has 7 nitrogen and oxygen atoms in total. The van der Waals surface area contributed by atoms with Crippen molar-refractivity contribution in [1.82, 2.24) is 10.3 Å². The molecule has 1 aromatic rings. The smallest absolute Gasteiger partial charge is 0.305 e. The highest BCUT2D eigenvalue weighted by Gasteiger charge is 2.50. The van der Waals surface area contributed by atoms with Gasteiger partial charge in [-0.25, -0.2) is 4.98 Å². The third-order valence-electron chi connectivity index (χ3n) is 4.80. The van der Waals surface area contributed by atoms with Gasteiger partial charge in [0.15, 0.2) is 0 Å². The molecule has 2 unspecified atom stereocenters. The van der Waals surface area contributed by atoms with Crippen molar-refractivity contribution in [1.29, 1.82) is 5.26 Å².